The minimum absolute atomic E-state index is 0.0860. The molecule has 4 heteroatoms. The molecule has 0 fully saturated rings. The van der Waals surface area contributed by atoms with E-state index in [2.05, 4.69) is 20.8 Å². The zero-order chi connectivity index (χ0) is 16.1. The monoisotopic (exact) mass is 408 g/mol. The summed E-state index contributed by atoms with van der Waals surface area (Å²) in [5.74, 6) is -0.876. The molecular formula is C17H36O3Sn. The van der Waals surface area contributed by atoms with Gasteiger partial charge >= 0.3 is 135 Å². The van der Waals surface area contributed by atoms with Gasteiger partial charge in [0.2, 0.25) is 0 Å². The molecule has 0 aliphatic carbocycles. The number of carbonyl (C=O) groups is 1. The number of unbranched alkanes of at least 4 members (excludes halogenated alkanes) is 3. The molecule has 0 radical (unpaired) electrons. The first-order valence-corrected chi connectivity index (χ1v) is 17.0. The standard InChI is InChI=1S/C5H9O3.3C4H9.Sn/c1-2-4(6)3-5(7)8;3*1-3-4-2;/h4,6H,1-3H2,(H,7,8);3*1,3-4H2,2H3;. The van der Waals surface area contributed by atoms with Gasteiger partial charge in [-0.3, -0.25) is 0 Å². The molecular weight excluding hydrogens is 371 g/mol. The van der Waals surface area contributed by atoms with Crippen molar-refractivity contribution >= 4 is 24.3 Å². The molecule has 21 heavy (non-hydrogen) atoms. The van der Waals surface area contributed by atoms with Crippen LogP contribution in [0.5, 0.6) is 0 Å². The first-order chi connectivity index (χ1) is 9.99. The Bertz CT molecular complexity index is 247. The van der Waals surface area contributed by atoms with Gasteiger partial charge in [-0.2, -0.15) is 0 Å². The molecule has 0 saturated carbocycles. The fourth-order valence-corrected chi connectivity index (χ4v) is 19.6. The summed E-state index contributed by atoms with van der Waals surface area (Å²) in [4.78, 5) is 10.7. The zero-order valence-corrected chi connectivity index (χ0v) is 17.2. The number of carboxylic acids is 1. The van der Waals surface area contributed by atoms with Crippen LogP contribution in [0.15, 0.2) is 0 Å². The molecule has 0 bridgehead atoms. The van der Waals surface area contributed by atoms with Crippen LogP contribution in [-0.4, -0.2) is 40.7 Å². The zero-order valence-electron chi connectivity index (χ0n) is 14.4. The van der Waals surface area contributed by atoms with E-state index in [0.29, 0.717) is 0 Å². The van der Waals surface area contributed by atoms with Gasteiger partial charge in [0.1, 0.15) is 0 Å². The van der Waals surface area contributed by atoms with Crippen molar-refractivity contribution in [2.75, 3.05) is 0 Å². The Kier molecular flexibility index (Phi) is 12.9. The van der Waals surface area contributed by atoms with Gasteiger partial charge in [0.25, 0.3) is 0 Å². The molecule has 0 aromatic rings. The van der Waals surface area contributed by atoms with E-state index < -0.39 is 30.5 Å². The quantitative estimate of drug-likeness (QED) is 0.396. The van der Waals surface area contributed by atoms with Gasteiger partial charge in [-0.15, -0.1) is 0 Å². The Hall–Kier alpha value is 0.229. The van der Waals surface area contributed by atoms with E-state index >= 15 is 0 Å². The van der Waals surface area contributed by atoms with E-state index in [-0.39, 0.29) is 6.42 Å². The Morgan fingerprint density at radius 1 is 0.905 bits per heavy atom. The molecule has 126 valence electrons. The first kappa shape index (κ1) is 21.2. The van der Waals surface area contributed by atoms with Crippen molar-refractivity contribution in [3.8, 4) is 0 Å². The Labute approximate surface area is 135 Å². The fraction of sp³-hybridized carbons (Fsp3) is 0.941. The normalized spacial score (nSPS) is 13.3. The molecule has 0 aliphatic heterocycles. The number of aliphatic hydroxyl groups is 1. The maximum atomic E-state index is 10.7. The minimum atomic E-state index is -2.17. The average molecular weight is 407 g/mol. The molecule has 0 aromatic carbocycles. The number of carboxylic acid groups (broad SMARTS) is 1. The van der Waals surface area contributed by atoms with Gasteiger partial charge in [-0.25, -0.2) is 0 Å². The summed E-state index contributed by atoms with van der Waals surface area (Å²) in [6.45, 7) is 6.78. The van der Waals surface area contributed by atoms with Crippen LogP contribution in [0.4, 0.5) is 0 Å². The van der Waals surface area contributed by atoms with Crippen molar-refractivity contribution in [3.05, 3.63) is 0 Å². The molecule has 0 rings (SSSR count). The molecule has 0 amide bonds. The van der Waals surface area contributed by atoms with E-state index in [1.54, 1.807) is 0 Å². The predicted molar refractivity (Wildman–Crippen MR) is 92.6 cm³/mol. The van der Waals surface area contributed by atoms with Crippen LogP contribution in [-0.2, 0) is 4.79 Å². The van der Waals surface area contributed by atoms with Gasteiger partial charge in [0.05, 0.1) is 0 Å². The SMILES string of the molecule is CCC[CH2][Sn]([CH2]CCC)([CH2]CCC)[CH2]CC(O)CC(=O)O. The van der Waals surface area contributed by atoms with Gasteiger partial charge in [0.15, 0.2) is 0 Å². The summed E-state index contributed by atoms with van der Waals surface area (Å²) in [5, 5.41) is 18.7. The summed E-state index contributed by atoms with van der Waals surface area (Å²) < 4.78 is 5.49. The third-order valence-corrected chi connectivity index (χ3v) is 20.6. The fourth-order valence-electron chi connectivity index (χ4n) is 3.18. The van der Waals surface area contributed by atoms with Crippen LogP contribution >= 0.6 is 0 Å². The summed E-state index contributed by atoms with van der Waals surface area (Å²) in [6.07, 6.45) is 7.77. The number of aliphatic hydroxyl groups excluding tert-OH is 1. The van der Waals surface area contributed by atoms with E-state index in [1.807, 2.05) is 0 Å². The Balaban J connectivity index is 4.65. The summed E-state index contributed by atoms with van der Waals surface area (Å²) >= 11 is -2.17. The molecule has 1 atom stereocenters. The van der Waals surface area contributed by atoms with Crippen molar-refractivity contribution in [2.24, 2.45) is 0 Å². The molecule has 0 spiro atoms. The van der Waals surface area contributed by atoms with Gasteiger partial charge in [-0.05, 0) is 0 Å². The van der Waals surface area contributed by atoms with E-state index in [9.17, 15) is 9.90 Å². The molecule has 0 aliphatic rings. The van der Waals surface area contributed by atoms with Crippen LogP contribution in [0.2, 0.25) is 17.7 Å². The second-order valence-electron chi connectivity index (χ2n) is 6.60. The number of rotatable bonds is 14. The molecule has 0 aromatic heterocycles. The molecule has 3 nitrogen and oxygen atoms in total. The van der Waals surface area contributed by atoms with Crippen LogP contribution < -0.4 is 0 Å². The van der Waals surface area contributed by atoms with Gasteiger partial charge in [0, 0.05) is 0 Å². The van der Waals surface area contributed by atoms with Crippen LogP contribution in [0.1, 0.15) is 72.1 Å². The third kappa shape index (κ3) is 10.6. The maximum absolute atomic E-state index is 10.7. The second kappa shape index (κ2) is 12.7. The second-order valence-corrected chi connectivity index (χ2v) is 20.9. The van der Waals surface area contributed by atoms with Gasteiger partial charge in [-0.1, -0.05) is 0 Å². The van der Waals surface area contributed by atoms with Crippen molar-refractivity contribution in [2.45, 2.75) is 96.0 Å². The van der Waals surface area contributed by atoms with Gasteiger partial charge < -0.3 is 0 Å². The van der Waals surface area contributed by atoms with E-state index in [1.165, 1.54) is 56.3 Å². The molecule has 1 unspecified atom stereocenters. The Morgan fingerprint density at radius 3 is 1.67 bits per heavy atom. The first-order valence-electron chi connectivity index (χ1n) is 8.89. The average Bonchev–Trinajstić information content (AvgIpc) is 2.45. The number of hydrogen-bond donors (Lipinski definition) is 2. The topological polar surface area (TPSA) is 57.5 Å². The Morgan fingerprint density at radius 2 is 1.33 bits per heavy atom. The van der Waals surface area contributed by atoms with Crippen LogP contribution in [0.25, 0.3) is 0 Å². The van der Waals surface area contributed by atoms with E-state index in [4.69, 9.17) is 5.11 Å². The molecule has 0 saturated heterocycles. The van der Waals surface area contributed by atoms with Crippen molar-refractivity contribution < 1.29 is 15.0 Å². The van der Waals surface area contributed by atoms with Crippen molar-refractivity contribution in [3.63, 3.8) is 0 Å². The van der Waals surface area contributed by atoms with Crippen LogP contribution in [0.3, 0.4) is 0 Å². The third-order valence-electron chi connectivity index (χ3n) is 4.60. The molecule has 0 heterocycles. The van der Waals surface area contributed by atoms with Crippen molar-refractivity contribution in [1.29, 1.82) is 0 Å². The summed E-state index contributed by atoms with van der Waals surface area (Å²) in [7, 11) is 0. The van der Waals surface area contributed by atoms with E-state index in [0.717, 1.165) is 6.42 Å². The summed E-state index contributed by atoms with van der Waals surface area (Å²) in [6, 6.07) is 0. The molecule has 2 N–H and O–H groups in total. The summed E-state index contributed by atoms with van der Waals surface area (Å²) in [5.41, 5.74) is 0. The van der Waals surface area contributed by atoms with Crippen molar-refractivity contribution in [1.82, 2.24) is 0 Å². The van der Waals surface area contributed by atoms with Crippen LogP contribution in [0, 0.1) is 0 Å². The number of hydrogen-bond acceptors (Lipinski definition) is 2. The number of aliphatic carboxylic acids is 1. The predicted octanol–water partition coefficient (Wildman–Crippen LogP) is 5.06.